The van der Waals surface area contributed by atoms with Gasteiger partial charge in [0.1, 0.15) is 17.6 Å². The van der Waals surface area contributed by atoms with E-state index in [1.54, 1.807) is 31.2 Å². The Bertz CT molecular complexity index is 1440. The molecule has 0 amide bonds. The molecule has 0 fully saturated rings. The summed E-state index contributed by atoms with van der Waals surface area (Å²) in [6.45, 7) is 3.98. The number of carbonyl (C=O) groups is 2. The molecule has 7 nitrogen and oxygen atoms in total. The van der Waals surface area contributed by atoms with Crippen LogP contribution in [0.25, 0.3) is 11.5 Å². The number of aromatic nitrogens is 1. The van der Waals surface area contributed by atoms with Gasteiger partial charge in [-0.05, 0) is 67.9 Å². The summed E-state index contributed by atoms with van der Waals surface area (Å²) in [6, 6.07) is 22.6. The van der Waals surface area contributed by atoms with Crippen LogP contribution in [0.5, 0.6) is 5.75 Å². The number of halogens is 1. The highest BCUT2D eigenvalue weighted by atomic mass is 35.5. The smallest absolute Gasteiger partial charge is 0.326 e. The van der Waals surface area contributed by atoms with Gasteiger partial charge in [-0.25, -0.2) is 9.78 Å². The number of hydrogen-bond acceptors (Lipinski definition) is 6. The van der Waals surface area contributed by atoms with Crippen molar-refractivity contribution >= 4 is 23.4 Å². The van der Waals surface area contributed by atoms with Gasteiger partial charge in [-0.2, -0.15) is 0 Å². The highest BCUT2D eigenvalue weighted by Gasteiger charge is 2.18. The Morgan fingerprint density at radius 2 is 1.74 bits per heavy atom. The van der Waals surface area contributed by atoms with Crippen molar-refractivity contribution in [3.8, 4) is 17.2 Å². The molecule has 0 aliphatic rings. The fraction of sp³-hybridized carbons (Fsp3) is 0.194. The van der Waals surface area contributed by atoms with Crippen molar-refractivity contribution in [2.24, 2.45) is 0 Å². The van der Waals surface area contributed by atoms with Crippen LogP contribution in [0.3, 0.4) is 0 Å². The predicted molar refractivity (Wildman–Crippen MR) is 150 cm³/mol. The van der Waals surface area contributed by atoms with Crippen molar-refractivity contribution in [1.82, 2.24) is 10.3 Å². The quantitative estimate of drug-likeness (QED) is 0.159. The average molecular weight is 545 g/mol. The van der Waals surface area contributed by atoms with Crippen molar-refractivity contribution in [3.63, 3.8) is 0 Å². The van der Waals surface area contributed by atoms with Crippen molar-refractivity contribution in [2.45, 2.75) is 32.7 Å². The minimum Gasteiger partial charge on any atom is -0.493 e. The number of carboxylic acid groups (broad SMARTS) is 1. The summed E-state index contributed by atoms with van der Waals surface area (Å²) < 4.78 is 11.7. The second-order valence-electron chi connectivity index (χ2n) is 9.07. The number of carbonyl (C=O) groups excluding carboxylic acids is 1. The molecule has 4 aromatic rings. The van der Waals surface area contributed by atoms with E-state index in [1.807, 2.05) is 61.5 Å². The zero-order valence-electron chi connectivity index (χ0n) is 21.7. The maximum absolute atomic E-state index is 12.4. The molecule has 200 valence electrons. The molecular formula is C31H29ClN2O5. The van der Waals surface area contributed by atoms with Crippen molar-refractivity contribution in [2.75, 3.05) is 6.61 Å². The van der Waals surface area contributed by atoms with Crippen LogP contribution in [0.2, 0.25) is 5.02 Å². The van der Waals surface area contributed by atoms with E-state index < -0.39 is 12.0 Å². The van der Waals surface area contributed by atoms with E-state index in [0.29, 0.717) is 41.0 Å². The maximum Gasteiger partial charge on any atom is 0.326 e. The Morgan fingerprint density at radius 1 is 1.05 bits per heavy atom. The van der Waals surface area contributed by atoms with Crippen LogP contribution in [-0.4, -0.2) is 34.5 Å². The number of allylic oxidation sites excluding steroid dienone is 2. The summed E-state index contributed by atoms with van der Waals surface area (Å²) >= 11 is 5.87. The zero-order valence-corrected chi connectivity index (χ0v) is 22.4. The average Bonchev–Trinajstić information content (AvgIpc) is 3.30. The first-order valence-electron chi connectivity index (χ1n) is 12.5. The molecule has 0 saturated heterocycles. The molecule has 2 N–H and O–H groups in total. The summed E-state index contributed by atoms with van der Waals surface area (Å²) in [7, 11) is 0. The van der Waals surface area contributed by atoms with Gasteiger partial charge < -0.3 is 19.6 Å². The lowest BCUT2D eigenvalue weighted by molar-refractivity contribution is -0.139. The van der Waals surface area contributed by atoms with Crippen LogP contribution in [0.15, 0.2) is 95.1 Å². The Hall–Kier alpha value is -4.36. The minimum absolute atomic E-state index is 0.232. The number of benzene rings is 3. The lowest BCUT2D eigenvalue weighted by Gasteiger charge is -2.16. The summed E-state index contributed by atoms with van der Waals surface area (Å²) in [5.74, 6) is 0.777. The van der Waals surface area contributed by atoms with Crippen LogP contribution in [0.4, 0.5) is 0 Å². The van der Waals surface area contributed by atoms with Crippen LogP contribution in [0, 0.1) is 6.92 Å². The topological polar surface area (TPSA) is 102 Å². The molecule has 1 heterocycles. The fourth-order valence-electron chi connectivity index (χ4n) is 4.00. The molecule has 0 aliphatic carbocycles. The van der Waals surface area contributed by atoms with E-state index in [-0.39, 0.29) is 12.2 Å². The van der Waals surface area contributed by atoms with Crippen molar-refractivity contribution in [3.05, 3.63) is 118 Å². The number of nitrogens with zero attached hydrogens (tertiary/aromatic N) is 1. The van der Waals surface area contributed by atoms with Gasteiger partial charge in [0.2, 0.25) is 5.89 Å². The minimum atomic E-state index is -1.01. The highest BCUT2D eigenvalue weighted by Crippen LogP contribution is 2.22. The number of nitrogens with one attached hydrogen (secondary N) is 1. The second-order valence-corrected chi connectivity index (χ2v) is 9.50. The van der Waals surface area contributed by atoms with Crippen LogP contribution < -0.4 is 10.1 Å². The van der Waals surface area contributed by atoms with Crippen LogP contribution in [0.1, 0.15) is 34.3 Å². The molecule has 0 aliphatic heterocycles. The number of aliphatic carboxylic acids is 1. The highest BCUT2D eigenvalue weighted by molar-refractivity contribution is 6.30. The first kappa shape index (κ1) is 27.7. The first-order valence-corrected chi connectivity index (χ1v) is 12.9. The van der Waals surface area contributed by atoms with E-state index in [2.05, 4.69) is 10.3 Å². The molecule has 0 unspecified atom stereocenters. The maximum atomic E-state index is 12.4. The van der Waals surface area contributed by atoms with Gasteiger partial charge in [-0.1, -0.05) is 41.9 Å². The molecule has 8 heteroatoms. The Labute approximate surface area is 232 Å². The summed E-state index contributed by atoms with van der Waals surface area (Å²) in [6.07, 6.45) is 2.21. The molecule has 39 heavy (non-hydrogen) atoms. The van der Waals surface area contributed by atoms with Crippen molar-refractivity contribution in [1.29, 1.82) is 0 Å². The largest absolute Gasteiger partial charge is 0.493 e. The van der Waals surface area contributed by atoms with Crippen molar-refractivity contribution < 1.29 is 23.8 Å². The van der Waals surface area contributed by atoms with Gasteiger partial charge >= 0.3 is 5.97 Å². The van der Waals surface area contributed by atoms with Gasteiger partial charge in [0.25, 0.3) is 0 Å². The standard InChI is InChI=1S/C31H29ClN2O5/c1-20(18-29(35)23-10-12-25(32)13-11-23)33-28(31(36)37)19-22-8-14-26(15-9-22)38-17-16-27-21(2)39-30(34-27)24-6-4-3-5-7-24/h3-15,18,28,33H,16-17,19H2,1-2H3,(H,36,37)/t28-/m0/s1. The molecule has 1 atom stereocenters. The molecule has 0 spiro atoms. The van der Waals surface area contributed by atoms with Gasteiger partial charge in [0, 0.05) is 40.8 Å². The van der Waals surface area contributed by atoms with E-state index in [4.69, 9.17) is 20.8 Å². The molecule has 1 aromatic heterocycles. The summed E-state index contributed by atoms with van der Waals surface area (Å²) in [4.78, 5) is 28.9. The fourth-order valence-corrected chi connectivity index (χ4v) is 4.12. The molecular weight excluding hydrogens is 516 g/mol. The Kier molecular flexibility index (Phi) is 9.18. The number of oxazole rings is 1. The summed E-state index contributed by atoms with van der Waals surface area (Å²) in [5, 5.41) is 13.2. The van der Waals surface area contributed by atoms with Gasteiger partial charge in [-0.15, -0.1) is 0 Å². The van der Waals surface area contributed by atoms with Gasteiger partial charge in [-0.3, -0.25) is 4.79 Å². The third-order valence-electron chi connectivity index (χ3n) is 6.06. The Morgan fingerprint density at radius 3 is 2.41 bits per heavy atom. The lowest BCUT2D eigenvalue weighted by atomic mass is 10.1. The van der Waals surface area contributed by atoms with Crippen LogP contribution >= 0.6 is 11.6 Å². The molecule has 4 rings (SSSR count). The first-order chi connectivity index (χ1) is 18.8. The van der Waals surface area contributed by atoms with E-state index in [0.717, 1.165) is 22.6 Å². The summed E-state index contributed by atoms with van der Waals surface area (Å²) in [5.41, 5.74) is 3.52. The van der Waals surface area contributed by atoms with Gasteiger partial charge in [0.15, 0.2) is 5.78 Å². The number of carboxylic acids is 1. The predicted octanol–water partition coefficient (Wildman–Crippen LogP) is 6.30. The molecule has 0 bridgehead atoms. The molecule has 3 aromatic carbocycles. The number of ether oxygens (including phenoxy) is 1. The normalized spacial score (nSPS) is 12.1. The molecule has 0 saturated carbocycles. The van der Waals surface area contributed by atoms with Gasteiger partial charge in [0.05, 0.1) is 12.3 Å². The monoisotopic (exact) mass is 544 g/mol. The zero-order chi connectivity index (χ0) is 27.8. The molecule has 0 radical (unpaired) electrons. The number of rotatable bonds is 12. The van der Waals surface area contributed by atoms with E-state index >= 15 is 0 Å². The Balaban J connectivity index is 1.30. The third-order valence-corrected chi connectivity index (χ3v) is 6.31. The van der Waals surface area contributed by atoms with E-state index in [1.165, 1.54) is 6.08 Å². The number of ketones is 1. The number of hydrogen-bond donors (Lipinski definition) is 2. The lowest BCUT2D eigenvalue weighted by Crippen LogP contribution is -2.37. The third kappa shape index (κ3) is 7.82. The SMILES string of the molecule is CC(=CC(=O)c1ccc(Cl)cc1)N[C@@H](Cc1ccc(OCCc2nc(-c3ccccc3)oc2C)cc1)C(=O)O. The van der Waals surface area contributed by atoms with E-state index in [9.17, 15) is 14.7 Å². The second kappa shape index (κ2) is 12.9. The number of aryl methyl sites for hydroxylation is 1. The van der Waals surface area contributed by atoms with Crippen LogP contribution in [-0.2, 0) is 17.6 Å².